The zero-order valence-corrected chi connectivity index (χ0v) is 12.8. The van der Waals surface area contributed by atoms with E-state index in [1.165, 1.54) is 0 Å². The highest BCUT2D eigenvalue weighted by molar-refractivity contribution is 6.62. The number of primary amides is 1. The molecule has 1 amide bonds. The van der Waals surface area contributed by atoms with E-state index in [1.54, 1.807) is 12.4 Å². The van der Waals surface area contributed by atoms with Gasteiger partial charge in [0.25, 0.3) is 0 Å². The summed E-state index contributed by atoms with van der Waals surface area (Å²) < 4.78 is 11.9. The molecule has 1 aliphatic rings. The molecule has 1 aliphatic heterocycles. The zero-order valence-electron chi connectivity index (χ0n) is 12.8. The van der Waals surface area contributed by atoms with Crippen LogP contribution in [0, 0.1) is 11.8 Å². The van der Waals surface area contributed by atoms with E-state index in [-0.39, 0.29) is 6.42 Å². The van der Waals surface area contributed by atoms with Crippen molar-refractivity contribution in [3.8, 4) is 11.8 Å². The van der Waals surface area contributed by atoms with Gasteiger partial charge in [0.05, 0.1) is 17.6 Å². The predicted molar refractivity (Wildman–Crippen MR) is 80.6 cm³/mol. The topological polar surface area (TPSA) is 74.4 Å². The van der Waals surface area contributed by atoms with Crippen molar-refractivity contribution < 1.29 is 14.1 Å². The smallest absolute Gasteiger partial charge is 0.399 e. The van der Waals surface area contributed by atoms with Crippen molar-refractivity contribution in [2.45, 2.75) is 45.3 Å². The van der Waals surface area contributed by atoms with E-state index in [1.807, 2.05) is 33.8 Å². The van der Waals surface area contributed by atoms with E-state index < -0.39 is 24.2 Å². The van der Waals surface area contributed by atoms with Crippen LogP contribution in [0.1, 0.15) is 39.7 Å². The number of carbonyl (C=O) groups is 1. The maximum absolute atomic E-state index is 10.7. The van der Waals surface area contributed by atoms with E-state index in [4.69, 9.17) is 15.0 Å². The third-order valence-corrected chi connectivity index (χ3v) is 3.78. The molecule has 0 atom stereocenters. The number of carbonyl (C=O) groups excluding carboxylic acids is 1. The first-order chi connectivity index (χ1) is 9.71. The highest BCUT2D eigenvalue weighted by atomic mass is 16.7. The number of amides is 1. The molecule has 5 nitrogen and oxygen atoms in total. The Morgan fingerprint density at radius 1 is 1.29 bits per heavy atom. The highest BCUT2D eigenvalue weighted by Crippen LogP contribution is 2.36. The summed E-state index contributed by atoms with van der Waals surface area (Å²) in [5.74, 6) is 5.12. The maximum atomic E-state index is 10.7. The van der Waals surface area contributed by atoms with Gasteiger partial charge in [-0.2, -0.15) is 0 Å². The Balaban J connectivity index is 2.19. The standard InChI is InChI=1S/C15H19BN2O3/c1-14(2)15(3,4)21-16(20-14)12-8-11(9-18-10-12)6-5-7-13(17)19/h8-10H,7H2,1-4H3,(H2,17,19). The van der Waals surface area contributed by atoms with Gasteiger partial charge in [-0.3, -0.25) is 9.78 Å². The van der Waals surface area contributed by atoms with Crippen molar-refractivity contribution in [1.82, 2.24) is 4.98 Å². The fourth-order valence-electron chi connectivity index (χ4n) is 1.87. The number of aromatic nitrogens is 1. The van der Waals surface area contributed by atoms with E-state index in [9.17, 15) is 4.79 Å². The summed E-state index contributed by atoms with van der Waals surface area (Å²) in [4.78, 5) is 14.8. The number of nitrogens with two attached hydrogens (primary N) is 1. The van der Waals surface area contributed by atoms with Crippen LogP contribution in [0.4, 0.5) is 0 Å². The second-order valence-electron chi connectivity index (χ2n) is 6.04. The lowest BCUT2D eigenvalue weighted by Crippen LogP contribution is -2.41. The monoisotopic (exact) mass is 286 g/mol. The Labute approximate surface area is 125 Å². The minimum atomic E-state index is -0.472. The van der Waals surface area contributed by atoms with E-state index in [2.05, 4.69) is 16.8 Å². The van der Waals surface area contributed by atoms with Gasteiger partial charge in [-0.1, -0.05) is 11.8 Å². The number of pyridine rings is 1. The fraction of sp³-hybridized carbons (Fsp3) is 0.467. The molecule has 0 aromatic carbocycles. The molecule has 21 heavy (non-hydrogen) atoms. The first kappa shape index (κ1) is 15.6. The van der Waals surface area contributed by atoms with Crippen LogP contribution in [0.3, 0.4) is 0 Å². The molecule has 0 radical (unpaired) electrons. The van der Waals surface area contributed by atoms with Gasteiger partial charge in [-0.15, -0.1) is 0 Å². The summed E-state index contributed by atoms with van der Waals surface area (Å²) in [6, 6.07) is 1.85. The first-order valence-electron chi connectivity index (χ1n) is 6.79. The molecular formula is C15H19BN2O3. The van der Waals surface area contributed by atoms with Gasteiger partial charge in [-0.25, -0.2) is 0 Å². The van der Waals surface area contributed by atoms with Gasteiger partial charge < -0.3 is 15.0 Å². The van der Waals surface area contributed by atoms with Gasteiger partial charge in [-0.05, 0) is 33.8 Å². The predicted octanol–water partition coefficient (Wildman–Crippen LogP) is 0.608. The minimum absolute atomic E-state index is 0.0285. The average Bonchev–Trinajstić information content (AvgIpc) is 2.58. The quantitative estimate of drug-likeness (QED) is 0.638. The Morgan fingerprint density at radius 2 is 1.90 bits per heavy atom. The van der Waals surface area contributed by atoms with Crippen LogP contribution in [0.2, 0.25) is 0 Å². The Bertz CT molecular complexity index is 601. The van der Waals surface area contributed by atoms with Gasteiger partial charge in [0.15, 0.2) is 0 Å². The summed E-state index contributed by atoms with van der Waals surface area (Å²) in [6.45, 7) is 7.99. The largest absolute Gasteiger partial charge is 0.496 e. The number of hydrogen-bond acceptors (Lipinski definition) is 4. The van der Waals surface area contributed by atoms with Crippen molar-refractivity contribution in [2.24, 2.45) is 5.73 Å². The van der Waals surface area contributed by atoms with Crippen LogP contribution in [0.25, 0.3) is 0 Å². The lowest BCUT2D eigenvalue weighted by Gasteiger charge is -2.32. The molecule has 1 aromatic rings. The van der Waals surface area contributed by atoms with Gasteiger partial charge in [0.1, 0.15) is 0 Å². The van der Waals surface area contributed by atoms with Crippen LogP contribution in [-0.4, -0.2) is 29.2 Å². The molecule has 2 heterocycles. The van der Waals surface area contributed by atoms with E-state index >= 15 is 0 Å². The van der Waals surface area contributed by atoms with Crippen LogP contribution < -0.4 is 11.2 Å². The summed E-state index contributed by atoms with van der Waals surface area (Å²) in [5.41, 5.74) is 5.76. The summed E-state index contributed by atoms with van der Waals surface area (Å²) >= 11 is 0. The Morgan fingerprint density at radius 3 is 2.48 bits per heavy atom. The molecule has 1 saturated heterocycles. The van der Waals surface area contributed by atoms with Crippen LogP contribution in [0.15, 0.2) is 18.5 Å². The summed E-state index contributed by atoms with van der Waals surface area (Å²) in [6.07, 6.45) is 3.35. The number of rotatable bonds is 2. The van der Waals surface area contributed by atoms with Gasteiger partial charge >= 0.3 is 7.12 Å². The van der Waals surface area contributed by atoms with Crippen molar-refractivity contribution in [3.05, 3.63) is 24.0 Å². The number of nitrogens with zero attached hydrogens (tertiary/aromatic N) is 1. The van der Waals surface area contributed by atoms with Gasteiger partial charge in [0, 0.05) is 23.4 Å². The Hall–Kier alpha value is -1.84. The second kappa shape index (κ2) is 5.51. The average molecular weight is 286 g/mol. The summed E-state index contributed by atoms with van der Waals surface area (Å²) in [7, 11) is -0.472. The third-order valence-electron chi connectivity index (χ3n) is 3.78. The Kier molecular flexibility index (Phi) is 4.08. The molecule has 0 aliphatic carbocycles. The molecule has 0 unspecified atom stereocenters. The maximum Gasteiger partial charge on any atom is 0.496 e. The molecule has 1 fully saturated rings. The first-order valence-corrected chi connectivity index (χ1v) is 6.79. The number of hydrogen-bond donors (Lipinski definition) is 1. The minimum Gasteiger partial charge on any atom is -0.399 e. The van der Waals surface area contributed by atoms with E-state index in [0.29, 0.717) is 5.56 Å². The highest BCUT2D eigenvalue weighted by Gasteiger charge is 2.51. The second-order valence-corrected chi connectivity index (χ2v) is 6.04. The molecule has 6 heteroatoms. The van der Waals surface area contributed by atoms with E-state index in [0.717, 1.165) is 5.46 Å². The SMILES string of the molecule is CC1(C)OB(c2cncc(C#CCC(N)=O)c2)OC1(C)C. The van der Waals surface area contributed by atoms with Crippen molar-refractivity contribution in [3.63, 3.8) is 0 Å². The molecule has 0 saturated carbocycles. The fourth-order valence-corrected chi connectivity index (χ4v) is 1.87. The molecule has 110 valence electrons. The van der Waals surface area contributed by atoms with Crippen molar-refractivity contribution in [1.29, 1.82) is 0 Å². The lowest BCUT2D eigenvalue weighted by molar-refractivity contribution is -0.117. The normalized spacial score (nSPS) is 19.0. The molecule has 1 aromatic heterocycles. The molecule has 2 rings (SSSR count). The molecule has 0 spiro atoms. The molecular weight excluding hydrogens is 267 g/mol. The van der Waals surface area contributed by atoms with Crippen molar-refractivity contribution in [2.75, 3.05) is 0 Å². The molecule has 0 bridgehead atoms. The van der Waals surface area contributed by atoms with Crippen LogP contribution in [0.5, 0.6) is 0 Å². The van der Waals surface area contributed by atoms with Gasteiger partial charge in [0.2, 0.25) is 5.91 Å². The zero-order chi connectivity index (χ0) is 15.7. The molecule has 2 N–H and O–H groups in total. The van der Waals surface area contributed by atoms with Crippen LogP contribution >= 0.6 is 0 Å². The van der Waals surface area contributed by atoms with Crippen LogP contribution in [-0.2, 0) is 14.1 Å². The third kappa shape index (κ3) is 3.44. The summed E-state index contributed by atoms with van der Waals surface area (Å²) in [5, 5.41) is 0. The van der Waals surface area contributed by atoms with Crippen molar-refractivity contribution >= 4 is 18.5 Å². The lowest BCUT2D eigenvalue weighted by atomic mass is 9.80.